The molecule has 1 aliphatic carbocycles. The molecule has 5 heteroatoms. The van der Waals surface area contributed by atoms with Gasteiger partial charge in [0.15, 0.2) is 0 Å². The zero-order valence-electron chi connectivity index (χ0n) is 10.7. The molecule has 1 saturated heterocycles. The SMILES string of the molecule is Cc1ncsc1C(=O)NC[C@@H]1CCN(C2CC2)C1. The lowest BCUT2D eigenvalue weighted by Crippen LogP contribution is -2.31. The van der Waals surface area contributed by atoms with Gasteiger partial charge in [-0.15, -0.1) is 11.3 Å². The summed E-state index contributed by atoms with van der Waals surface area (Å²) in [4.78, 5) is 19.4. The van der Waals surface area contributed by atoms with E-state index in [0.717, 1.165) is 29.7 Å². The third-order valence-corrected chi connectivity index (χ3v) is 4.81. The number of thiazole rings is 1. The maximum absolute atomic E-state index is 12.0. The summed E-state index contributed by atoms with van der Waals surface area (Å²) in [6.45, 7) is 5.06. The van der Waals surface area contributed by atoms with E-state index in [1.165, 1.54) is 37.1 Å². The molecular formula is C13H19N3OS. The van der Waals surface area contributed by atoms with E-state index in [9.17, 15) is 4.79 Å². The molecule has 1 aliphatic heterocycles. The molecule has 0 aromatic carbocycles. The maximum atomic E-state index is 12.0. The molecule has 3 rings (SSSR count). The smallest absolute Gasteiger partial charge is 0.263 e. The number of amides is 1. The van der Waals surface area contributed by atoms with E-state index < -0.39 is 0 Å². The molecule has 0 bridgehead atoms. The van der Waals surface area contributed by atoms with Gasteiger partial charge in [-0.3, -0.25) is 4.79 Å². The Balaban J connectivity index is 1.47. The largest absolute Gasteiger partial charge is 0.351 e. The molecule has 1 N–H and O–H groups in total. The fourth-order valence-electron chi connectivity index (χ4n) is 2.64. The van der Waals surface area contributed by atoms with Gasteiger partial charge in [-0.25, -0.2) is 4.98 Å². The molecule has 98 valence electrons. The van der Waals surface area contributed by atoms with Gasteiger partial charge in [-0.1, -0.05) is 0 Å². The van der Waals surface area contributed by atoms with Crippen molar-refractivity contribution in [3.8, 4) is 0 Å². The van der Waals surface area contributed by atoms with Crippen LogP contribution in [0.3, 0.4) is 0 Å². The van der Waals surface area contributed by atoms with Crippen LogP contribution in [0.15, 0.2) is 5.51 Å². The van der Waals surface area contributed by atoms with Crippen LogP contribution in [0.4, 0.5) is 0 Å². The number of aromatic nitrogens is 1. The van der Waals surface area contributed by atoms with Gasteiger partial charge < -0.3 is 10.2 Å². The van der Waals surface area contributed by atoms with Crippen molar-refractivity contribution in [2.45, 2.75) is 32.2 Å². The Morgan fingerprint density at radius 1 is 1.56 bits per heavy atom. The third-order valence-electron chi connectivity index (χ3n) is 3.88. The summed E-state index contributed by atoms with van der Waals surface area (Å²) in [7, 11) is 0. The molecule has 1 atom stereocenters. The molecule has 1 aromatic rings. The maximum Gasteiger partial charge on any atom is 0.263 e. The van der Waals surface area contributed by atoms with Crippen molar-refractivity contribution < 1.29 is 4.79 Å². The number of carbonyl (C=O) groups excluding carboxylic acids is 1. The molecule has 0 unspecified atom stereocenters. The second-order valence-electron chi connectivity index (χ2n) is 5.36. The lowest BCUT2D eigenvalue weighted by Gasteiger charge is -2.15. The Morgan fingerprint density at radius 2 is 2.39 bits per heavy atom. The minimum atomic E-state index is 0.0415. The zero-order chi connectivity index (χ0) is 12.5. The number of nitrogens with zero attached hydrogens (tertiary/aromatic N) is 2. The summed E-state index contributed by atoms with van der Waals surface area (Å²) >= 11 is 1.42. The van der Waals surface area contributed by atoms with E-state index in [1.54, 1.807) is 5.51 Å². The monoisotopic (exact) mass is 265 g/mol. The van der Waals surface area contributed by atoms with Crippen LogP contribution in [0.5, 0.6) is 0 Å². The van der Waals surface area contributed by atoms with Crippen LogP contribution in [0.1, 0.15) is 34.6 Å². The first kappa shape index (κ1) is 12.1. The van der Waals surface area contributed by atoms with Crippen LogP contribution in [-0.4, -0.2) is 41.5 Å². The third kappa shape index (κ3) is 2.57. The Kier molecular flexibility index (Phi) is 3.35. The molecule has 4 nitrogen and oxygen atoms in total. The normalized spacial score (nSPS) is 24.4. The molecule has 1 saturated carbocycles. The minimum absolute atomic E-state index is 0.0415. The second kappa shape index (κ2) is 4.97. The second-order valence-corrected chi connectivity index (χ2v) is 6.21. The lowest BCUT2D eigenvalue weighted by atomic mass is 10.1. The summed E-state index contributed by atoms with van der Waals surface area (Å²) in [5.41, 5.74) is 2.57. The van der Waals surface area contributed by atoms with Gasteiger partial charge in [0.2, 0.25) is 0 Å². The van der Waals surface area contributed by atoms with Crippen molar-refractivity contribution in [3.05, 3.63) is 16.1 Å². The van der Waals surface area contributed by atoms with E-state index in [0.29, 0.717) is 5.92 Å². The van der Waals surface area contributed by atoms with Crippen LogP contribution in [-0.2, 0) is 0 Å². The molecule has 0 radical (unpaired) electrons. The van der Waals surface area contributed by atoms with Gasteiger partial charge in [-0.05, 0) is 38.6 Å². The highest BCUT2D eigenvalue weighted by Crippen LogP contribution is 2.31. The van der Waals surface area contributed by atoms with Gasteiger partial charge in [0.1, 0.15) is 4.88 Å². The molecule has 2 aliphatic rings. The summed E-state index contributed by atoms with van der Waals surface area (Å²) < 4.78 is 0. The summed E-state index contributed by atoms with van der Waals surface area (Å²) in [5, 5.41) is 3.05. The van der Waals surface area contributed by atoms with Crippen molar-refractivity contribution in [1.82, 2.24) is 15.2 Å². The van der Waals surface area contributed by atoms with Crippen molar-refractivity contribution in [1.29, 1.82) is 0 Å². The Morgan fingerprint density at radius 3 is 3.06 bits per heavy atom. The molecule has 1 amide bonds. The number of aryl methyl sites for hydroxylation is 1. The predicted molar refractivity (Wildman–Crippen MR) is 71.9 cm³/mol. The molecule has 18 heavy (non-hydrogen) atoms. The number of rotatable bonds is 4. The average Bonchev–Trinajstić information content (AvgIpc) is 2.95. The molecule has 2 heterocycles. The van der Waals surface area contributed by atoms with E-state index in [-0.39, 0.29) is 5.91 Å². The van der Waals surface area contributed by atoms with Gasteiger partial charge >= 0.3 is 0 Å². The van der Waals surface area contributed by atoms with Gasteiger partial charge in [0, 0.05) is 19.1 Å². The first-order valence-corrected chi connectivity index (χ1v) is 7.54. The lowest BCUT2D eigenvalue weighted by molar-refractivity contribution is 0.0950. The number of hydrogen-bond donors (Lipinski definition) is 1. The average molecular weight is 265 g/mol. The summed E-state index contributed by atoms with van der Waals surface area (Å²) in [6.07, 6.45) is 3.97. The molecular weight excluding hydrogens is 246 g/mol. The topological polar surface area (TPSA) is 45.2 Å². The number of carbonyl (C=O) groups is 1. The highest BCUT2D eigenvalue weighted by molar-refractivity contribution is 7.11. The summed E-state index contributed by atoms with van der Waals surface area (Å²) in [5.74, 6) is 0.669. The molecule has 2 fully saturated rings. The van der Waals surface area contributed by atoms with E-state index in [1.807, 2.05) is 6.92 Å². The van der Waals surface area contributed by atoms with Crippen LogP contribution in [0, 0.1) is 12.8 Å². The highest BCUT2D eigenvalue weighted by atomic mass is 32.1. The fraction of sp³-hybridized carbons (Fsp3) is 0.692. The Labute approximate surface area is 111 Å². The van der Waals surface area contributed by atoms with E-state index >= 15 is 0 Å². The standard InChI is InChI=1S/C13H19N3OS/c1-9-12(18-8-15-9)13(17)14-6-10-4-5-16(7-10)11-2-3-11/h8,10-11H,2-7H2,1H3,(H,14,17)/t10-/m0/s1. The van der Waals surface area contributed by atoms with Crippen molar-refractivity contribution >= 4 is 17.2 Å². The first-order valence-electron chi connectivity index (χ1n) is 6.66. The fourth-order valence-corrected chi connectivity index (χ4v) is 3.36. The number of likely N-dealkylation sites (tertiary alicyclic amines) is 1. The van der Waals surface area contributed by atoms with Crippen LogP contribution in [0.2, 0.25) is 0 Å². The molecule has 0 spiro atoms. The van der Waals surface area contributed by atoms with Crippen molar-refractivity contribution in [3.63, 3.8) is 0 Å². The zero-order valence-corrected chi connectivity index (χ0v) is 11.5. The number of hydrogen-bond acceptors (Lipinski definition) is 4. The van der Waals surface area contributed by atoms with Crippen LogP contribution < -0.4 is 5.32 Å². The van der Waals surface area contributed by atoms with Gasteiger partial charge in [0.25, 0.3) is 5.91 Å². The molecule has 1 aromatic heterocycles. The minimum Gasteiger partial charge on any atom is -0.351 e. The van der Waals surface area contributed by atoms with Crippen LogP contribution in [0.25, 0.3) is 0 Å². The van der Waals surface area contributed by atoms with Crippen LogP contribution >= 0.6 is 11.3 Å². The quantitative estimate of drug-likeness (QED) is 0.900. The highest BCUT2D eigenvalue weighted by Gasteiger charge is 2.34. The van der Waals surface area contributed by atoms with E-state index in [4.69, 9.17) is 0 Å². The Bertz CT molecular complexity index is 441. The van der Waals surface area contributed by atoms with E-state index in [2.05, 4.69) is 15.2 Å². The summed E-state index contributed by atoms with van der Waals surface area (Å²) in [6, 6.07) is 0.856. The first-order chi connectivity index (χ1) is 8.74. The predicted octanol–water partition coefficient (Wildman–Crippen LogP) is 1.67. The van der Waals surface area contributed by atoms with Gasteiger partial charge in [0.05, 0.1) is 11.2 Å². The van der Waals surface area contributed by atoms with Crippen molar-refractivity contribution in [2.75, 3.05) is 19.6 Å². The van der Waals surface area contributed by atoms with Gasteiger partial charge in [-0.2, -0.15) is 0 Å². The number of nitrogens with one attached hydrogen (secondary N) is 1. The van der Waals surface area contributed by atoms with Crippen molar-refractivity contribution in [2.24, 2.45) is 5.92 Å². The Hall–Kier alpha value is -0.940.